The Morgan fingerprint density at radius 3 is 2.45 bits per heavy atom. The van der Waals surface area contributed by atoms with Crippen molar-refractivity contribution >= 4 is 23.1 Å². The van der Waals surface area contributed by atoms with Gasteiger partial charge in [0.05, 0.1) is 30.6 Å². The van der Waals surface area contributed by atoms with Crippen LogP contribution in [0.2, 0.25) is 0 Å². The van der Waals surface area contributed by atoms with E-state index in [-0.39, 0.29) is 17.8 Å². The molecule has 1 aliphatic carbocycles. The molecule has 6 nitrogen and oxygen atoms in total. The van der Waals surface area contributed by atoms with Crippen LogP contribution in [0.15, 0.2) is 59.8 Å². The summed E-state index contributed by atoms with van der Waals surface area (Å²) < 4.78 is 11.0. The number of ketones is 1. The van der Waals surface area contributed by atoms with Crippen LogP contribution in [0.5, 0.6) is 5.75 Å². The third kappa shape index (κ3) is 3.90. The molecule has 0 radical (unpaired) electrons. The Morgan fingerprint density at radius 1 is 1.06 bits per heavy atom. The second-order valence-electron chi connectivity index (χ2n) is 8.39. The number of nitrogens with one attached hydrogen (secondary N) is 2. The van der Waals surface area contributed by atoms with Crippen molar-refractivity contribution in [3.8, 4) is 5.75 Å². The first-order chi connectivity index (χ1) is 14.9. The molecule has 4 rings (SSSR count). The van der Waals surface area contributed by atoms with E-state index in [1.807, 2.05) is 69.3 Å². The number of hydrogen-bond acceptors (Lipinski definition) is 6. The number of anilines is 2. The van der Waals surface area contributed by atoms with E-state index in [9.17, 15) is 9.59 Å². The molecule has 31 heavy (non-hydrogen) atoms. The van der Waals surface area contributed by atoms with Crippen molar-refractivity contribution in [2.75, 3.05) is 17.7 Å². The molecule has 0 saturated carbocycles. The van der Waals surface area contributed by atoms with Crippen LogP contribution >= 0.6 is 0 Å². The Labute approximate surface area is 182 Å². The summed E-state index contributed by atoms with van der Waals surface area (Å²) in [6.07, 6.45) is 0.552. The van der Waals surface area contributed by atoms with Crippen LogP contribution in [-0.4, -0.2) is 25.0 Å². The third-order valence-electron chi connectivity index (χ3n) is 5.82. The van der Waals surface area contributed by atoms with Gasteiger partial charge in [0.1, 0.15) is 11.7 Å². The minimum atomic E-state index is -0.825. The lowest BCUT2D eigenvalue weighted by Crippen LogP contribution is -2.39. The largest absolute Gasteiger partial charge is 0.491 e. The third-order valence-corrected chi connectivity index (χ3v) is 5.82. The van der Waals surface area contributed by atoms with Gasteiger partial charge in [-0.25, -0.2) is 0 Å². The Kier molecular flexibility index (Phi) is 5.72. The Bertz CT molecular complexity index is 1040. The number of carbonyl (C=O) groups excluding carboxylic acids is 2. The first kappa shape index (κ1) is 21.0. The highest BCUT2D eigenvalue weighted by atomic mass is 16.5. The summed E-state index contributed by atoms with van der Waals surface area (Å²) in [5.41, 5.74) is 4.03. The van der Waals surface area contributed by atoms with Crippen LogP contribution in [0.25, 0.3) is 0 Å². The monoisotopic (exact) mass is 420 g/mol. The summed E-state index contributed by atoms with van der Waals surface area (Å²) in [4.78, 5) is 26.2. The molecular formula is C25H28N2O4. The van der Waals surface area contributed by atoms with Gasteiger partial charge in [0, 0.05) is 16.8 Å². The van der Waals surface area contributed by atoms with Gasteiger partial charge in [0.2, 0.25) is 0 Å². The first-order valence-corrected chi connectivity index (χ1v) is 10.6. The SMILES string of the molecule is COC(=O)[C@@H]1C(=O)C2=C(C[C@H]1C)Nc1ccccc1N[C@@H]2c1ccccc1OC(C)C. The van der Waals surface area contributed by atoms with E-state index in [0.717, 1.165) is 22.6 Å². The van der Waals surface area contributed by atoms with Crippen LogP contribution in [0.3, 0.4) is 0 Å². The van der Waals surface area contributed by atoms with Crippen LogP contribution in [0, 0.1) is 11.8 Å². The van der Waals surface area contributed by atoms with Crippen molar-refractivity contribution in [1.29, 1.82) is 0 Å². The number of rotatable bonds is 4. The number of esters is 1. The van der Waals surface area contributed by atoms with Crippen molar-refractivity contribution in [3.05, 3.63) is 65.4 Å². The lowest BCUT2D eigenvalue weighted by atomic mass is 9.74. The van der Waals surface area contributed by atoms with E-state index in [1.165, 1.54) is 7.11 Å². The molecule has 1 aliphatic heterocycles. The maximum Gasteiger partial charge on any atom is 0.316 e. The van der Waals surface area contributed by atoms with E-state index >= 15 is 0 Å². The maximum absolute atomic E-state index is 13.7. The van der Waals surface area contributed by atoms with Gasteiger partial charge in [-0.05, 0) is 44.4 Å². The summed E-state index contributed by atoms with van der Waals surface area (Å²) in [5, 5.41) is 7.00. The molecule has 2 aromatic rings. The molecule has 1 heterocycles. The lowest BCUT2D eigenvalue weighted by Gasteiger charge is -2.33. The van der Waals surface area contributed by atoms with E-state index in [0.29, 0.717) is 17.7 Å². The fourth-order valence-corrected chi connectivity index (χ4v) is 4.45. The summed E-state index contributed by atoms with van der Waals surface area (Å²) in [7, 11) is 1.33. The van der Waals surface area contributed by atoms with Gasteiger partial charge in [-0.3, -0.25) is 9.59 Å². The molecular weight excluding hydrogens is 392 g/mol. The summed E-state index contributed by atoms with van der Waals surface area (Å²) in [6.45, 7) is 5.86. The first-order valence-electron chi connectivity index (χ1n) is 10.6. The maximum atomic E-state index is 13.7. The van der Waals surface area contributed by atoms with Crippen LogP contribution in [0.1, 0.15) is 38.8 Å². The van der Waals surface area contributed by atoms with E-state index in [1.54, 1.807) is 0 Å². The van der Waals surface area contributed by atoms with E-state index in [2.05, 4.69) is 10.6 Å². The molecule has 6 heteroatoms. The van der Waals surface area contributed by atoms with Crippen LogP contribution < -0.4 is 15.4 Å². The number of hydrogen-bond donors (Lipinski definition) is 2. The second kappa shape index (κ2) is 8.46. The molecule has 0 aromatic heterocycles. The molecule has 0 spiro atoms. The number of benzene rings is 2. The van der Waals surface area contributed by atoms with E-state index in [4.69, 9.17) is 9.47 Å². The summed E-state index contributed by atoms with van der Waals surface area (Å²) in [6, 6.07) is 15.1. The highest BCUT2D eigenvalue weighted by Crippen LogP contribution is 2.45. The topological polar surface area (TPSA) is 76.7 Å². The molecule has 3 atom stereocenters. The smallest absolute Gasteiger partial charge is 0.316 e. The average molecular weight is 421 g/mol. The zero-order valence-electron chi connectivity index (χ0n) is 18.3. The molecule has 2 aromatic carbocycles. The molecule has 2 N–H and O–H groups in total. The highest BCUT2D eigenvalue weighted by Gasteiger charge is 2.44. The number of Topliss-reactive ketones (excluding diaryl/α,β-unsaturated/α-hetero) is 1. The fraction of sp³-hybridized carbons (Fsp3) is 0.360. The predicted octanol–water partition coefficient (Wildman–Crippen LogP) is 4.70. The molecule has 0 bridgehead atoms. The number of carbonyl (C=O) groups is 2. The van der Waals surface area contributed by atoms with E-state index < -0.39 is 17.9 Å². The van der Waals surface area contributed by atoms with Crippen molar-refractivity contribution in [2.24, 2.45) is 11.8 Å². The number of para-hydroxylation sites is 3. The van der Waals surface area contributed by atoms with Gasteiger partial charge < -0.3 is 20.1 Å². The minimum Gasteiger partial charge on any atom is -0.491 e. The Morgan fingerprint density at radius 2 is 1.74 bits per heavy atom. The van der Waals surface area contributed by atoms with Crippen molar-refractivity contribution < 1.29 is 19.1 Å². The highest BCUT2D eigenvalue weighted by molar-refractivity contribution is 6.11. The predicted molar refractivity (Wildman–Crippen MR) is 120 cm³/mol. The molecule has 0 fully saturated rings. The van der Waals surface area contributed by atoms with Crippen LogP contribution in [0.4, 0.5) is 11.4 Å². The Hall–Kier alpha value is -3.28. The molecule has 2 aliphatic rings. The molecule has 0 unspecified atom stereocenters. The Balaban J connectivity index is 1.89. The number of fused-ring (bicyclic) bond motifs is 1. The van der Waals surface area contributed by atoms with Gasteiger partial charge in [-0.1, -0.05) is 37.3 Å². The quantitative estimate of drug-likeness (QED) is 0.551. The van der Waals surface area contributed by atoms with Gasteiger partial charge in [0.15, 0.2) is 5.78 Å². The van der Waals surface area contributed by atoms with Crippen LogP contribution in [-0.2, 0) is 14.3 Å². The molecule has 162 valence electrons. The van der Waals surface area contributed by atoms with Crippen molar-refractivity contribution in [3.63, 3.8) is 0 Å². The van der Waals surface area contributed by atoms with Gasteiger partial charge in [0.25, 0.3) is 0 Å². The molecule has 0 saturated heterocycles. The van der Waals surface area contributed by atoms with Gasteiger partial charge >= 0.3 is 5.97 Å². The number of methoxy groups -OCH3 is 1. The normalized spacial score (nSPS) is 22.6. The zero-order chi connectivity index (χ0) is 22.1. The summed E-state index contributed by atoms with van der Waals surface area (Å²) >= 11 is 0. The minimum absolute atomic E-state index is 0.0179. The average Bonchev–Trinajstić information content (AvgIpc) is 2.90. The van der Waals surface area contributed by atoms with Crippen molar-refractivity contribution in [2.45, 2.75) is 39.3 Å². The lowest BCUT2D eigenvalue weighted by molar-refractivity contribution is -0.151. The standard InChI is InChI=1S/C25H28N2O4/c1-14(2)31-20-12-8-5-9-16(20)23-22-19(26-17-10-6-7-11-18(17)27-23)13-15(3)21(24(22)28)25(29)30-4/h5-12,14-15,21,23,26-27H,13H2,1-4H3/t15-,21+,23-/m1/s1. The summed E-state index contributed by atoms with van der Waals surface area (Å²) in [5.74, 6) is -0.982. The number of allylic oxidation sites excluding steroid dienone is 1. The zero-order valence-corrected chi connectivity index (χ0v) is 18.3. The second-order valence-corrected chi connectivity index (χ2v) is 8.39. The number of ether oxygens (including phenoxy) is 2. The molecule has 0 amide bonds. The fourth-order valence-electron chi connectivity index (χ4n) is 4.45. The van der Waals surface area contributed by atoms with Gasteiger partial charge in [-0.2, -0.15) is 0 Å². The van der Waals surface area contributed by atoms with Crippen molar-refractivity contribution in [1.82, 2.24) is 0 Å². The van der Waals surface area contributed by atoms with Gasteiger partial charge in [-0.15, -0.1) is 0 Å².